The van der Waals surface area contributed by atoms with Crippen molar-refractivity contribution in [2.45, 2.75) is 39.3 Å². The van der Waals surface area contributed by atoms with Crippen LogP contribution in [0.1, 0.15) is 37.6 Å². The van der Waals surface area contributed by atoms with Crippen molar-refractivity contribution in [3.63, 3.8) is 0 Å². The van der Waals surface area contributed by atoms with Crippen LogP contribution in [0.5, 0.6) is 0 Å². The van der Waals surface area contributed by atoms with Crippen LogP contribution >= 0.6 is 11.3 Å². The molecule has 1 saturated heterocycles. The predicted molar refractivity (Wildman–Crippen MR) is 152 cm³/mol. The highest BCUT2D eigenvalue weighted by Crippen LogP contribution is 2.31. The Bertz CT molecular complexity index is 1380. The fourth-order valence-electron chi connectivity index (χ4n) is 4.97. The SMILES string of the molecule is CCN(CC)C(C)CNC(=O)c1cc(-c2cnn3ccc(-c4cccs4)nc23)nc(N2CC[C@H]2COC)c1. The molecule has 0 saturated carbocycles. The number of methoxy groups -OCH3 is 1. The quantitative estimate of drug-likeness (QED) is 0.309. The second-order valence-electron chi connectivity index (χ2n) is 9.59. The summed E-state index contributed by atoms with van der Waals surface area (Å²) in [7, 11) is 1.71. The highest BCUT2D eigenvalue weighted by atomic mass is 32.1. The molecule has 0 aromatic carbocycles. The van der Waals surface area contributed by atoms with Crippen molar-refractivity contribution in [1.29, 1.82) is 0 Å². The average molecular weight is 534 g/mol. The highest BCUT2D eigenvalue weighted by molar-refractivity contribution is 7.13. The lowest BCUT2D eigenvalue weighted by atomic mass is 10.0. The van der Waals surface area contributed by atoms with Crippen LogP contribution in [-0.4, -0.2) is 82.4 Å². The number of amides is 1. The van der Waals surface area contributed by atoms with Gasteiger partial charge in [-0.05, 0) is 56.1 Å². The van der Waals surface area contributed by atoms with Gasteiger partial charge < -0.3 is 15.0 Å². The van der Waals surface area contributed by atoms with Crippen LogP contribution in [0.25, 0.3) is 27.5 Å². The number of aromatic nitrogens is 4. The summed E-state index contributed by atoms with van der Waals surface area (Å²) in [4.78, 5) is 28.9. The van der Waals surface area contributed by atoms with E-state index in [0.29, 0.717) is 30.1 Å². The van der Waals surface area contributed by atoms with Gasteiger partial charge in [-0.2, -0.15) is 5.10 Å². The van der Waals surface area contributed by atoms with Crippen molar-refractivity contribution in [3.05, 3.63) is 53.7 Å². The fourth-order valence-corrected chi connectivity index (χ4v) is 5.67. The van der Waals surface area contributed by atoms with Gasteiger partial charge in [-0.25, -0.2) is 14.5 Å². The van der Waals surface area contributed by atoms with Gasteiger partial charge in [-0.15, -0.1) is 11.3 Å². The summed E-state index contributed by atoms with van der Waals surface area (Å²) in [6.45, 7) is 10.4. The molecule has 200 valence electrons. The third-order valence-corrected chi connectivity index (χ3v) is 8.18. The number of pyridine rings is 1. The van der Waals surface area contributed by atoms with Crippen molar-refractivity contribution < 1.29 is 9.53 Å². The normalized spacial score (nSPS) is 16.1. The minimum atomic E-state index is -0.110. The van der Waals surface area contributed by atoms with Gasteiger partial charge in [-0.1, -0.05) is 19.9 Å². The molecule has 10 heteroatoms. The lowest BCUT2D eigenvalue weighted by molar-refractivity contribution is 0.0938. The van der Waals surface area contributed by atoms with E-state index < -0.39 is 0 Å². The van der Waals surface area contributed by atoms with E-state index in [9.17, 15) is 4.79 Å². The van der Waals surface area contributed by atoms with Gasteiger partial charge >= 0.3 is 0 Å². The van der Waals surface area contributed by atoms with Crippen LogP contribution < -0.4 is 10.2 Å². The Balaban J connectivity index is 1.51. The molecule has 4 aromatic rings. The molecule has 1 amide bonds. The maximum atomic E-state index is 13.4. The van der Waals surface area contributed by atoms with Crippen LogP contribution in [0.2, 0.25) is 0 Å². The first-order valence-corrected chi connectivity index (χ1v) is 14.1. The molecule has 5 heterocycles. The third-order valence-electron chi connectivity index (χ3n) is 7.28. The summed E-state index contributed by atoms with van der Waals surface area (Å²) in [6.07, 6.45) is 4.72. The number of hydrogen-bond acceptors (Lipinski definition) is 8. The Morgan fingerprint density at radius 3 is 2.76 bits per heavy atom. The smallest absolute Gasteiger partial charge is 0.251 e. The molecule has 1 N–H and O–H groups in total. The molecular formula is C28H35N7O2S. The van der Waals surface area contributed by atoms with Crippen molar-refractivity contribution in [1.82, 2.24) is 29.8 Å². The van der Waals surface area contributed by atoms with Gasteiger partial charge in [0.1, 0.15) is 5.82 Å². The van der Waals surface area contributed by atoms with Crippen molar-refractivity contribution in [2.75, 3.05) is 44.8 Å². The minimum Gasteiger partial charge on any atom is -0.383 e. The molecule has 5 rings (SSSR count). The predicted octanol–water partition coefficient (Wildman–Crippen LogP) is 4.21. The molecule has 0 aliphatic carbocycles. The summed E-state index contributed by atoms with van der Waals surface area (Å²) in [6, 6.07) is 10.3. The van der Waals surface area contributed by atoms with Gasteiger partial charge in [0.15, 0.2) is 5.65 Å². The zero-order valence-electron chi connectivity index (χ0n) is 22.4. The molecule has 9 nitrogen and oxygen atoms in total. The Hall–Kier alpha value is -3.34. The first kappa shape index (κ1) is 26.3. The van der Waals surface area contributed by atoms with Crippen molar-refractivity contribution >= 4 is 28.7 Å². The standard InChI is InChI=1S/C28H35N7O2S/c1-5-33(6-2)19(3)16-29-28(36)20-14-24(31-26(15-20)34-11-9-21(34)18-37-4)22-17-30-35-12-10-23(32-27(22)35)25-8-7-13-38-25/h7-8,10,12-15,17,19,21H,5-6,9,11,16,18H2,1-4H3,(H,29,36)/t19?,21-/m0/s1. The largest absolute Gasteiger partial charge is 0.383 e. The molecule has 38 heavy (non-hydrogen) atoms. The number of fused-ring (bicyclic) bond motifs is 1. The van der Waals surface area contributed by atoms with Crippen LogP contribution in [0, 0.1) is 0 Å². The number of thiophene rings is 1. The monoisotopic (exact) mass is 533 g/mol. The lowest BCUT2D eigenvalue weighted by Gasteiger charge is -2.41. The van der Waals surface area contributed by atoms with Crippen molar-refractivity contribution in [3.8, 4) is 21.8 Å². The molecule has 1 unspecified atom stereocenters. The van der Waals surface area contributed by atoms with E-state index >= 15 is 0 Å². The molecule has 0 spiro atoms. The van der Waals surface area contributed by atoms with E-state index in [2.05, 4.69) is 47.1 Å². The molecule has 1 aliphatic heterocycles. The Morgan fingerprint density at radius 2 is 2.08 bits per heavy atom. The summed E-state index contributed by atoms with van der Waals surface area (Å²) in [5.41, 5.74) is 3.64. The number of ether oxygens (including phenoxy) is 1. The average Bonchev–Trinajstić information content (AvgIpc) is 3.60. The van der Waals surface area contributed by atoms with E-state index in [-0.39, 0.29) is 18.0 Å². The summed E-state index contributed by atoms with van der Waals surface area (Å²) >= 11 is 1.65. The van der Waals surface area contributed by atoms with E-state index in [1.54, 1.807) is 29.2 Å². The van der Waals surface area contributed by atoms with Crippen LogP contribution in [0.3, 0.4) is 0 Å². The second-order valence-corrected chi connectivity index (χ2v) is 10.5. The third kappa shape index (κ3) is 5.29. The topological polar surface area (TPSA) is 87.9 Å². The molecular weight excluding hydrogens is 498 g/mol. The molecule has 2 atom stereocenters. The zero-order valence-corrected chi connectivity index (χ0v) is 23.2. The molecule has 1 aliphatic rings. The second kappa shape index (κ2) is 11.6. The number of rotatable bonds is 11. The van der Waals surface area contributed by atoms with E-state index in [1.165, 1.54) is 0 Å². The molecule has 4 aromatic heterocycles. The van der Waals surface area contributed by atoms with Gasteiger partial charge in [0.2, 0.25) is 0 Å². The lowest BCUT2D eigenvalue weighted by Crippen LogP contribution is -2.50. The highest BCUT2D eigenvalue weighted by Gasteiger charge is 2.30. The van der Waals surface area contributed by atoms with Gasteiger partial charge in [0.05, 0.1) is 40.7 Å². The molecule has 1 fully saturated rings. The summed E-state index contributed by atoms with van der Waals surface area (Å²) in [5.74, 6) is 0.660. The van der Waals surface area contributed by atoms with E-state index in [0.717, 1.165) is 48.0 Å². The fraction of sp³-hybridized carbons (Fsp3) is 0.429. The van der Waals surface area contributed by atoms with Crippen LogP contribution in [0.15, 0.2) is 48.1 Å². The minimum absolute atomic E-state index is 0.110. The Kier molecular flexibility index (Phi) is 8.01. The van der Waals surface area contributed by atoms with E-state index in [1.807, 2.05) is 35.8 Å². The number of nitrogens with one attached hydrogen (secondary N) is 1. The first-order chi connectivity index (χ1) is 18.5. The number of carbonyl (C=O) groups is 1. The van der Waals surface area contributed by atoms with Crippen LogP contribution in [-0.2, 0) is 4.74 Å². The van der Waals surface area contributed by atoms with Gasteiger partial charge in [-0.3, -0.25) is 9.69 Å². The van der Waals surface area contributed by atoms with E-state index in [4.69, 9.17) is 14.7 Å². The maximum Gasteiger partial charge on any atom is 0.251 e. The first-order valence-electron chi connectivity index (χ1n) is 13.2. The Labute approximate surface area is 227 Å². The number of hydrogen-bond donors (Lipinski definition) is 1. The van der Waals surface area contributed by atoms with Crippen LogP contribution in [0.4, 0.5) is 5.82 Å². The number of nitrogens with zero attached hydrogens (tertiary/aromatic N) is 6. The number of likely N-dealkylation sites (N-methyl/N-ethyl adjacent to an activating group) is 1. The van der Waals surface area contributed by atoms with Crippen molar-refractivity contribution in [2.24, 2.45) is 0 Å². The number of carbonyl (C=O) groups excluding carboxylic acids is 1. The zero-order chi connectivity index (χ0) is 26.6. The molecule has 0 radical (unpaired) electrons. The summed E-state index contributed by atoms with van der Waals surface area (Å²) in [5, 5.41) is 9.70. The maximum absolute atomic E-state index is 13.4. The number of anilines is 1. The molecule has 0 bridgehead atoms. The Morgan fingerprint density at radius 1 is 1.24 bits per heavy atom. The van der Waals surface area contributed by atoms with Gasteiger partial charge in [0, 0.05) is 38.0 Å². The summed E-state index contributed by atoms with van der Waals surface area (Å²) < 4.78 is 7.17. The van der Waals surface area contributed by atoms with Gasteiger partial charge in [0.25, 0.3) is 5.91 Å².